The van der Waals surface area contributed by atoms with Crippen LogP contribution >= 0.6 is 15.9 Å². The number of sulfonamides is 1. The minimum atomic E-state index is -3.67. The third-order valence-electron chi connectivity index (χ3n) is 3.59. The maximum absolute atomic E-state index is 12.1. The molecule has 138 valence electrons. The fourth-order valence-electron chi connectivity index (χ4n) is 2.30. The van der Waals surface area contributed by atoms with Crippen molar-refractivity contribution in [1.29, 1.82) is 0 Å². The predicted molar refractivity (Wildman–Crippen MR) is 109 cm³/mol. The van der Waals surface area contributed by atoms with E-state index in [1.54, 1.807) is 24.3 Å². The molecule has 0 bridgehead atoms. The smallest absolute Gasteiger partial charge is 0.276 e. The zero-order valence-corrected chi connectivity index (χ0v) is 16.7. The highest BCUT2D eigenvalue weighted by molar-refractivity contribution is 9.10. The van der Waals surface area contributed by atoms with Crippen LogP contribution in [-0.4, -0.2) is 14.6 Å². The molecule has 27 heavy (non-hydrogen) atoms. The van der Waals surface area contributed by atoms with Crippen LogP contribution in [0.1, 0.15) is 11.1 Å². The van der Waals surface area contributed by atoms with Gasteiger partial charge in [-0.1, -0.05) is 58.4 Å². The molecule has 3 aromatic carbocycles. The molecular weight excluding hydrogens is 428 g/mol. The van der Waals surface area contributed by atoms with Crippen molar-refractivity contribution in [2.24, 2.45) is 5.10 Å². The Hall–Kier alpha value is -2.64. The van der Waals surface area contributed by atoms with Crippen molar-refractivity contribution in [3.05, 3.63) is 94.5 Å². The standard InChI is InChI=1S/C20H17BrN2O3S/c21-18-8-4-7-17(12-18)15-26-19-9-5-6-16(13-19)14-22-23-27(24,25)20-10-2-1-3-11-20/h1-14,23H,15H2/b22-14+. The van der Waals surface area contributed by atoms with Gasteiger partial charge in [-0.25, -0.2) is 4.83 Å². The van der Waals surface area contributed by atoms with Crippen molar-refractivity contribution in [2.75, 3.05) is 0 Å². The van der Waals surface area contributed by atoms with E-state index in [-0.39, 0.29) is 4.90 Å². The summed E-state index contributed by atoms with van der Waals surface area (Å²) in [7, 11) is -3.67. The summed E-state index contributed by atoms with van der Waals surface area (Å²) in [5.74, 6) is 0.671. The minimum Gasteiger partial charge on any atom is -0.489 e. The van der Waals surface area contributed by atoms with Crippen LogP contribution in [0.4, 0.5) is 0 Å². The number of hydrazone groups is 1. The lowest BCUT2D eigenvalue weighted by Gasteiger charge is -2.07. The van der Waals surface area contributed by atoms with Gasteiger partial charge >= 0.3 is 0 Å². The average Bonchev–Trinajstić information content (AvgIpc) is 2.67. The molecule has 0 saturated carbocycles. The van der Waals surface area contributed by atoms with Crippen molar-refractivity contribution in [3.63, 3.8) is 0 Å². The first-order valence-corrected chi connectivity index (χ1v) is 10.4. The highest BCUT2D eigenvalue weighted by atomic mass is 79.9. The molecule has 1 N–H and O–H groups in total. The van der Waals surface area contributed by atoms with Crippen molar-refractivity contribution in [3.8, 4) is 5.75 Å². The molecule has 3 rings (SSSR count). The molecule has 7 heteroatoms. The van der Waals surface area contributed by atoms with Crippen LogP contribution in [-0.2, 0) is 16.6 Å². The second-order valence-electron chi connectivity index (χ2n) is 5.66. The Labute approximate surface area is 166 Å². The molecule has 0 spiro atoms. The van der Waals surface area contributed by atoms with Crippen LogP contribution in [0, 0.1) is 0 Å². The molecule has 0 atom stereocenters. The Balaban J connectivity index is 1.62. The van der Waals surface area contributed by atoms with Gasteiger partial charge < -0.3 is 4.74 Å². The molecule has 3 aromatic rings. The first-order chi connectivity index (χ1) is 13.0. The number of hydrogen-bond acceptors (Lipinski definition) is 4. The molecule has 0 aliphatic heterocycles. The monoisotopic (exact) mass is 444 g/mol. The summed E-state index contributed by atoms with van der Waals surface area (Å²) in [6.45, 7) is 0.431. The number of ether oxygens (including phenoxy) is 1. The Bertz CT molecular complexity index is 1040. The zero-order chi connectivity index (χ0) is 19.1. The van der Waals surface area contributed by atoms with Gasteiger partial charge in [0.25, 0.3) is 10.0 Å². The molecule has 0 radical (unpaired) electrons. The second kappa shape index (κ2) is 8.83. The van der Waals surface area contributed by atoms with Gasteiger partial charge in [-0.3, -0.25) is 0 Å². The van der Waals surface area contributed by atoms with Crippen molar-refractivity contribution < 1.29 is 13.2 Å². The molecule has 0 aliphatic rings. The van der Waals surface area contributed by atoms with E-state index in [0.29, 0.717) is 12.4 Å². The van der Waals surface area contributed by atoms with Crippen LogP contribution in [0.2, 0.25) is 0 Å². The minimum absolute atomic E-state index is 0.160. The van der Waals surface area contributed by atoms with E-state index in [1.165, 1.54) is 18.3 Å². The van der Waals surface area contributed by atoms with Crippen molar-refractivity contribution in [2.45, 2.75) is 11.5 Å². The van der Waals surface area contributed by atoms with Gasteiger partial charge in [0.2, 0.25) is 0 Å². The lowest BCUT2D eigenvalue weighted by Crippen LogP contribution is -2.18. The SMILES string of the molecule is O=S(=O)(N/N=C/c1cccc(OCc2cccc(Br)c2)c1)c1ccccc1. The maximum Gasteiger partial charge on any atom is 0.276 e. The van der Waals surface area contributed by atoms with Gasteiger partial charge in [-0.15, -0.1) is 0 Å². The third kappa shape index (κ3) is 5.67. The van der Waals surface area contributed by atoms with Crippen LogP contribution in [0.5, 0.6) is 5.75 Å². The normalized spacial score (nSPS) is 11.4. The average molecular weight is 445 g/mol. The topological polar surface area (TPSA) is 67.8 Å². The Morgan fingerprint density at radius 2 is 1.74 bits per heavy atom. The van der Waals surface area contributed by atoms with Crippen LogP contribution in [0.3, 0.4) is 0 Å². The molecule has 0 aliphatic carbocycles. The van der Waals surface area contributed by atoms with Gasteiger partial charge in [-0.05, 0) is 47.5 Å². The van der Waals surface area contributed by atoms with E-state index in [0.717, 1.165) is 15.6 Å². The number of hydrogen-bond donors (Lipinski definition) is 1. The van der Waals surface area contributed by atoms with E-state index < -0.39 is 10.0 Å². The number of benzene rings is 3. The molecule has 0 amide bonds. The lowest BCUT2D eigenvalue weighted by molar-refractivity contribution is 0.306. The Morgan fingerprint density at radius 1 is 0.963 bits per heavy atom. The molecule has 5 nitrogen and oxygen atoms in total. The summed E-state index contributed by atoms with van der Waals surface area (Å²) < 4.78 is 31.0. The number of halogens is 1. The van der Waals surface area contributed by atoms with Gasteiger partial charge in [0, 0.05) is 4.47 Å². The molecule has 0 unspecified atom stereocenters. The Morgan fingerprint density at radius 3 is 2.52 bits per heavy atom. The molecule has 0 saturated heterocycles. The largest absolute Gasteiger partial charge is 0.489 e. The van der Waals surface area contributed by atoms with Crippen LogP contribution < -0.4 is 9.57 Å². The maximum atomic E-state index is 12.1. The molecule has 0 heterocycles. The first-order valence-electron chi connectivity index (χ1n) is 8.10. The van der Waals surface area contributed by atoms with Crippen molar-refractivity contribution in [1.82, 2.24) is 4.83 Å². The fourth-order valence-corrected chi connectivity index (χ4v) is 3.56. The fraction of sp³-hybridized carbons (Fsp3) is 0.0500. The predicted octanol–water partition coefficient (Wildman–Crippen LogP) is 4.34. The highest BCUT2D eigenvalue weighted by Crippen LogP contribution is 2.16. The Kier molecular flexibility index (Phi) is 6.26. The van der Waals surface area contributed by atoms with Gasteiger partial charge in [0.05, 0.1) is 11.1 Å². The van der Waals surface area contributed by atoms with E-state index in [2.05, 4.69) is 25.9 Å². The van der Waals surface area contributed by atoms with Gasteiger partial charge in [0.15, 0.2) is 0 Å². The summed E-state index contributed by atoms with van der Waals surface area (Å²) in [6, 6.07) is 23.2. The summed E-state index contributed by atoms with van der Waals surface area (Å²) >= 11 is 3.43. The quantitative estimate of drug-likeness (QED) is 0.435. The van der Waals surface area contributed by atoms with E-state index >= 15 is 0 Å². The molecule has 0 fully saturated rings. The second-order valence-corrected chi connectivity index (χ2v) is 8.23. The summed E-state index contributed by atoms with van der Waals surface area (Å²) in [5, 5.41) is 3.84. The summed E-state index contributed by atoms with van der Waals surface area (Å²) in [4.78, 5) is 2.36. The van der Waals surface area contributed by atoms with Gasteiger partial charge in [-0.2, -0.15) is 13.5 Å². The third-order valence-corrected chi connectivity index (χ3v) is 5.32. The van der Waals surface area contributed by atoms with Crippen LogP contribution in [0.25, 0.3) is 0 Å². The highest BCUT2D eigenvalue weighted by Gasteiger charge is 2.11. The van der Waals surface area contributed by atoms with Crippen LogP contribution in [0.15, 0.2) is 93.3 Å². The van der Waals surface area contributed by atoms with E-state index in [1.807, 2.05) is 42.5 Å². The van der Waals surface area contributed by atoms with E-state index in [4.69, 9.17) is 4.74 Å². The summed E-state index contributed by atoms with van der Waals surface area (Å²) in [5.41, 5.74) is 1.76. The number of nitrogens with one attached hydrogen (secondary N) is 1. The van der Waals surface area contributed by atoms with Crippen molar-refractivity contribution >= 4 is 32.2 Å². The van der Waals surface area contributed by atoms with Gasteiger partial charge in [0.1, 0.15) is 12.4 Å². The molecular formula is C20H17BrN2O3S. The lowest BCUT2D eigenvalue weighted by atomic mass is 10.2. The zero-order valence-electron chi connectivity index (χ0n) is 14.2. The number of nitrogens with zero attached hydrogens (tertiary/aromatic N) is 1. The number of rotatable bonds is 7. The first kappa shape index (κ1) is 19.1. The summed E-state index contributed by atoms with van der Waals surface area (Å²) in [6.07, 6.45) is 1.44. The van der Waals surface area contributed by atoms with E-state index in [9.17, 15) is 8.42 Å². The molecule has 0 aromatic heterocycles.